The highest BCUT2D eigenvalue weighted by Gasteiger charge is 2.44. The predicted octanol–water partition coefficient (Wildman–Crippen LogP) is 1.64. The van der Waals surface area contributed by atoms with Crippen LogP contribution in [0.1, 0.15) is 31.0 Å². The third kappa shape index (κ3) is 2.85. The summed E-state index contributed by atoms with van der Waals surface area (Å²) in [5.41, 5.74) is 2.86. The van der Waals surface area contributed by atoms with Gasteiger partial charge in [-0.2, -0.15) is 5.10 Å². The Morgan fingerprint density at radius 2 is 2.00 bits per heavy atom. The molecule has 1 atom stereocenters. The molecule has 0 saturated carbocycles. The molecule has 1 unspecified atom stereocenters. The van der Waals surface area contributed by atoms with E-state index in [2.05, 4.69) is 6.20 Å². The van der Waals surface area contributed by atoms with E-state index in [0.717, 1.165) is 17.8 Å². The number of carbonyl (C=O) groups is 1. The number of nitrogens with zero attached hydrogens (tertiary/aromatic N) is 3. The number of fused-ring (bicyclic) bond motifs is 2. The van der Waals surface area contributed by atoms with Crippen molar-refractivity contribution in [1.29, 1.82) is 0 Å². The quantitative estimate of drug-likeness (QED) is 0.902. The van der Waals surface area contributed by atoms with Crippen LogP contribution in [0.15, 0.2) is 36.5 Å². The van der Waals surface area contributed by atoms with E-state index in [1.54, 1.807) is 4.90 Å². The molecule has 1 aromatic heterocycles. The molecule has 1 aromatic carbocycles. The molecule has 25 heavy (non-hydrogen) atoms. The summed E-state index contributed by atoms with van der Waals surface area (Å²) in [6, 6.07) is 10.1. The number of ether oxygens (including phenoxy) is 1. The second kappa shape index (κ2) is 6.28. The second-order valence-electron chi connectivity index (χ2n) is 6.88. The summed E-state index contributed by atoms with van der Waals surface area (Å²) < 4.78 is 8.12. The normalized spacial score (nSPS) is 20.3. The number of aliphatic hydroxyl groups is 1. The van der Waals surface area contributed by atoms with Gasteiger partial charge in [-0.05, 0) is 43.9 Å². The van der Waals surface area contributed by atoms with Crippen LogP contribution in [0.2, 0.25) is 0 Å². The van der Waals surface area contributed by atoms with Crippen molar-refractivity contribution in [3.63, 3.8) is 0 Å². The Kier molecular flexibility index (Phi) is 4.09. The summed E-state index contributed by atoms with van der Waals surface area (Å²) in [5, 5.41) is 14.4. The van der Waals surface area contributed by atoms with Gasteiger partial charge in [-0.25, -0.2) is 4.68 Å². The zero-order valence-corrected chi connectivity index (χ0v) is 14.4. The third-order valence-electron chi connectivity index (χ3n) is 5.23. The van der Waals surface area contributed by atoms with Crippen LogP contribution < -0.4 is 0 Å². The first-order valence-corrected chi connectivity index (χ1v) is 8.84. The highest BCUT2D eigenvalue weighted by atomic mass is 16.5. The lowest BCUT2D eigenvalue weighted by Gasteiger charge is -2.43. The summed E-state index contributed by atoms with van der Waals surface area (Å²) in [4.78, 5) is 13.7. The predicted molar refractivity (Wildman–Crippen MR) is 92.4 cm³/mol. The summed E-state index contributed by atoms with van der Waals surface area (Å²) in [5.74, 6) is -0.208. The van der Waals surface area contributed by atoms with Crippen LogP contribution in [-0.4, -0.2) is 51.5 Å². The summed E-state index contributed by atoms with van der Waals surface area (Å²) in [7, 11) is 0. The number of piperidine rings is 1. The molecule has 6 nitrogen and oxygen atoms in total. The van der Waals surface area contributed by atoms with Crippen molar-refractivity contribution in [2.24, 2.45) is 0 Å². The van der Waals surface area contributed by atoms with E-state index in [1.165, 1.54) is 12.5 Å². The van der Waals surface area contributed by atoms with Gasteiger partial charge < -0.3 is 14.7 Å². The highest BCUT2D eigenvalue weighted by Crippen LogP contribution is 2.41. The van der Waals surface area contributed by atoms with E-state index in [1.807, 2.05) is 35.0 Å². The SMILES string of the molecule is CC(O)C(=O)N1CCC2(CC1)OCCc1cn(-c3ccccc3)nc12. The molecule has 1 N–H and O–H groups in total. The van der Waals surface area contributed by atoms with Gasteiger partial charge in [0, 0.05) is 19.3 Å². The maximum absolute atomic E-state index is 12.0. The fraction of sp³-hybridized carbons (Fsp3) is 0.474. The van der Waals surface area contributed by atoms with Gasteiger partial charge in [-0.3, -0.25) is 4.79 Å². The molecule has 2 aliphatic heterocycles. The van der Waals surface area contributed by atoms with Gasteiger partial charge in [0.25, 0.3) is 5.91 Å². The van der Waals surface area contributed by atoms with Gasteiger partial charge in [0.05, 0.1) is 18.0 Å². The van der Waals surface area contributed by atoms with Crippen molar-refractivity contribution in [3.8, 4) is 5.69 Å². The Labute approximate surface area is 147 Å². The van der Waals surface area contributed by atoms with Crippen molar-refractivity contribution in [2.45, 2.75) is 37.9 Å². The molecule has 2 aromatic rings. The van der Waals surface area contributed by atoms with E-state index in [0.29, 0.717) is 32.5 Å². The number of hydrogen-bond acceptors (Lipinski definition) is 4. The van der Waals surface area contributed by atoms with E-state index >= 15 is 0 Å². The molecular formula is C19H23N3O3. The van der Waals surface area contributed by atoms with E-state index < -0.39 is 11.7 Å². The summed E-state index contributed by atoms with van der Waals surface area (Å²) >= 11 is 0. The van der Waals surface area contributed by atoms with Gasteiger partial charge in [-0.1, -0.05) is 18.2 Å². The molecular weight excluding hydrogens is 318 g/mol. The van der Waals surface area contributed by atoms with Crippen LogP contribution in [0.4, 0.5) is 0 Å². The largest absolute Gasteiger partial charge is 0.384 e. The van der Waals surface area contributed by atoms with Crippen molar-refractivity contribution >= 4 is 5.91 Å². The Balaban J connectivity index is 1.60. The molecule has 1 fully saturated rings. The monoisotopic (exact) mass is 341 g/mol. The first kappa shape index (κ1) is 16.3. The Hall–Kier alpha value is -2.18. The minimum Gasteiger partial charge on any atom is -0.384 e. The van der Waals surface area contributed by atoms with Crippen molar-refractivity contribution in [3.05, 3.63) is 47.8 Å². The molecule has 2 aliphatic rings. The Morgan fingerprint density at radius 3 is 2.68 bits per heavy atom. The molecule has 0 bridgehead atoms. The first-order chi connectivity index (χ1) is 12.1. The average Bonchev–Trinajstić information content (AvgIpc) is 3.09. The molecule has 132 valence electrons. The van der Waals surface area contributed by atoms with E-state index in [4.69, 9.17) is 9.84 Å². The molecule has 1 amide bonds. The first-order valence-electron chi connectivity index (χ1n) is 8.84. The Morgan fingerprint density at radius 1 is 1.28 bits per heavy atom. The molecule has 1 saturated heterocycles. The maximum Gasteiger partial charge on any atom is 0.251 e. The molecule has 0 radical (unpaired) electrons. The van der Waals surface area contributed by atoms with E-state index in [9.17, 15) is 9.90 Å². The fourth-order valence-corrected chi connectivity index (χ4v) is 3.85. The number of benzene rings is 1. The number of hydrogen-bond donors (Lipinski definition) is 1. The molecule has 1 spiro atoms. The number of para-hydroxylation sites is 1. The number of aliphatic hydroxyl groups excluding tert-OH is 1. The molecule has 4 rings (SSSR count). The second-order valence-corrected chi connectivity index (χ2v) is 6.88. The van der Waals surface area contributed by atoms with Crippen LogP contribution in [0.5, 0.6) is 0 Å². The molecule has 0 aliphatic carbocycles. The minimum atomic E-state index is -0.950. The maximum atomic E-state index is 12.0. The zero-order valence-electron chi connectivity index (χ0n) is 14.4. The topological polar surface area (TPSA) is 67.6 Å². The summed E-state index contributed by atoms with van der Waals surface area (Å²) in [6.07, 6.45) is 3.44. The third-order valence-corrected chi connectivity index (χ3v) is 5.23. The van der Waals surface area contributed by atoms with Crippen molar-refractivity contribution in [1.82, 2.24) is 14.7 Å². The van der Waals surface area contributed by atoms with Crippen molar-refractivity contribution < 1.29 is 14.6 Å². The lowest BCUT2D eigenvalue weighted by atomic mass is 9.83. The lowest BCUT2D eigenvalue weighted by Crippen LogP contribution is -2.50. The fourth-order valence-electron chi connectivity index (χ4n) is 3.85. The van der Waals surface area contributed by atoms with Crippen LogP contribution >= 0.6 is 0 Å². The van der Waals surface area contributed by atoms with Crippen molar-refractivity contribution in [2.75, 3.05) is 19.7 Å². The molecule has 3 heterocycles. The number of carbonyl (C=O) groups excluding carboxylic acids is 1. The van der Waals surface area contributed by atoms with Crippen LogP contribution in [0, 0.1) is 0 Å². The van der Waals surface area contributed by atoms with Gasteiger partial charge in [0.1, 0.15) is 11.7 Å². The van der Waals surface area contributed by atoms with Crippen LogP contribution in [0.3, 0.4) is 0 Å². The van der Waals surface area contributed by atoms with Crippen LogP contribution in [0.25, 0.3) is 5.69 Å². The highest BCUT2D eigenvalue weighted by molar-refractivity contribution is 5.80. The molecule has 6 heteroatoms. The van der Waals surface area contributed by atoms with Gasteiger partial charge in [-0.15, -0.1) is 0 Å². The summed E-state index contributed by atoms with van der Waals surface area (Å²) in [6.45, 7) is 3.37. The van der Waals surface area contributed by atoms with Gasteiger partial charge in [0.2, 0.25) is 0 Å². The van der Waals surface area contributed by atoms with Gasteiger partial charge >= 0.3 is 0 Å². The Bertz CT molecular complexity index is 761. The number of amides is 1. The van der Waals surface area contributed by atoms with E-state index in [-0.39, 0.29) is 5.91 Å². The average molecular weight is 341 g/mol. The number of likely N-dealkylation sites (tertiary alicyclic amines) is 1. The number of rotatable bonds is 2. The standard InChI is InChI=1S/C19H23N3O3/c1-14(23)18(24)21-10-8-19(9-11-21)17-15(7-12-25-19)13-22(20-17)16-5-3-2-4-6-16/h2-6,13-14,23H,7-12H2,1H3. The zero-order chi connectivity index (χ0) is 17.4. The smallest absolute Gasteiger partial charge is 0.251 e. The van der Waals surface area contributed by atoms with Gasteiger partial charge in [0.15, 0.2) is 0 Å². The lowest BCUT2D eigenvalue weighted by molar-refractivity contribution is -0.148. The van der Waals surface area contributed by atoms with Crippen LogP contribution in [-0.2, 0) is 21.6 Å². The number of aromatic nitrogens is 2. The minimum absolute atomic E-state index is 0.208.